The lowest BCUT2D eigenvalue weighted by atomic mass is 9.62. The highest BCUT2D eigenvalue weighted by molar-refractivity contribution is 5.31. The topological polar surface area (TPSA) is 6.48 Å². The minimum absolute atomic E-state index is 0.156. The van der Waals surface area contributed by atoms with Crippen LogP contribution in [0, 0.1) is 0 Å². The molecule has 30 heavy (non-hydrogen) atoms. The number of hydrogen-bond donors (Lipinski definition) is 0. The molecule has 0 spiro atoms. The van der Waals surface area contributed by atoms with Crippen molar-refractivity contribution in [3.8, 4) is 0 Å². The Balaban J connectivity index is 1.61. The zero-order valence-corrected chi connectivity index (χ0v) is 19.3. The average Bonchev–Trinajstić information content (AvgIpc) is 2.81. The van der Waals surface area contributed by atoms with Crippen molar-refractivity contribution in [1.29, 1.82) is 0 Å². The van der Waals surface area contributed by atoms with Crippen molar-refractivity contribution in [2.45, 2.75) is 74.8 Å². The second kappa shape index (κ2) is 9.24. The van der Waals surface area contributed by atoms with Crippen molar-refractivity contribution in [3.05, 3.63) is 71.8 Å². The van der Waals surface area contributed by atoms with Gasteiger partial charge in [-0.1, -0.05) is 79.9 Å². The predicted octanol–water partition coefficient (Wildman–Crippen LogP) is 6.22. The van der Waals surface area contributed by atoms with E-state index in [1.54, 1.807) is 5.56 Å². The maximum absolute atomic E-state index is 2.72. The van der Waals surface area contributed by atoms with Gasteiger partial charge >= 0.3 is 0 Å². The zero-order valence-electron chi connectivity index (χ0n) is 19.3. The van der Waals surface area contributed by atoms with E-state index in [1.165, 1.54) is 69.9 Å². The molecular formula is C28H40N2. The summed E-state index contributed by atoms with van der Waals surface area (Å²) in [6.45, 7) is 1.19. The number of nitrogens with zero attached hydrogens (tertiary/aromatic N) is 2. The van der Waals surface area contributed by atoms with Crippen molar-refractivity contribution in [2.75, 3.05) is 27.7 Å². The quantitative estimate of drug-likeness (QED) is 0.564. The normalized spacial score (nSPS) is 28.2. The fourth-order valence-electron chi connectivity index (χ4n) is 6.34. The molecule has 0 N–H and O–H groups in total. The van der Waals surface area contributed by atoms with E-state index < -0.39 is 0 Å². The first kappa shape index (κ1) is 21.6. The van der Waals surface area contributed by atoms with E-state index in [4.69, 9.17) is 0 Å². The van der Waals surface area contributed by atoms with Crippen LogP contribution in [0.25, 0.3) is 0 Å². The van der Waals surface area contributed by atoms with Gasteiger partial charge in [0.25, 0.3) is 0 Å². The lowest BCUT2D eigenvalue weighted by Crippen LogP contribution is -2.52. The van der Waals surface area contributed by atoms with E-state index in [0.717, 1.165) is 6.04 Å². The van der Waals surface area contributed by atoms with E-state index in [9.17, 15) is 0 Å². The van der Waals surface area contributed by atoms with Crippen LogP contribution in [0.15, 0.2) is 60.7 Å². The van der Waals surface area contributed by atoms with Gasteiger partial charge in [0.2, 0.25) is 0 Å². The van der Waals surface area contributed by atoms with Gasteiger partial charge < -0.3 is 4.90 Å². The third-order valence-electron chi connectivity index (χ3n) is 8.34. The van der Waals surface area contributed by atoms with Crippen LogP contribution in [0.4, 0.5) is 0 Å². The van der Waals surface area contributed by atoms with Crippen molar-refractivity contribution in [1.82, 2.24) is 9.80 Å². The summed E-state index contributed by atoms with van der Waals surface area (Å²) in [5, 5.41) is 0. The monoisotopic (exact) mass is 404 g/mol. The lowest BCUT2D eigenvalue weighted by Gasteiger charge is -2.52. The Labute approximate surface area is 184 Å². The number of hydrogen-bond acceptors (Lipinski definition) is 2. The molecule has 2 nitrogen and oxygen atoms in total. The molecule has 2 aliphatic rings. The molecule has 2 aliphatic carbocycles. The summed E-state index contributed by atoms with van der Waals surface area (Å²) in [6.07, 6.45) is 11.9. The van der Waals surface area contributed by atoms with Crippen molar-refractivity contribution < 1.29 is 0 Å². The van der Waals surface area contributed by atoms with Crippen LogP contribution in [0.5, 0.6) is 0 Å². The summed E-state index contributed by atoms with van der Waals surface area (Å²) in [4.78, 5) is 5.21. The first-order chi connectivity index (χ1) is 14.6. The first-order valence-corrected chi connectivity index (χ1v) is 12.0. The second-order valence-corrected chi connectivity index (χ2v) is 10.1. The van der Waals surface area contributed by atoms with Crippen LogP contribution in [-0.2, 0) is 11.0 Å². The zero-order chi connectivity index (χ0) is 21.0. The molecule has 2 aromatic rings. The Hall–Kier alpha value is -1.64. The number of rotatable bonds is 6. The molecule has 0 aromatic heterocycles. The molecule has 162 valence electrons. The Morgan fingerprint density at radius 3 is 1.77 bits per heavy atom. The van der Waals surface area contributed by atoms with Gasteiger partial charge in [-0.3, -0.25) is 4.90 Å². The highest BCUT2D eigenvalue weighted by atomic mass is 15.2. The van der Waals surface area contributed by atoms with E-state index in [2.05, 4.69) is 91.6 Å². The molecule has 2 fully saturated rings. The van der Waals surface area contributed by atoms with E-state index >= 15 is 0 Å². The summed E-state index contributed by atoms with van der Waals surface area (Å²) < 4.78 is 0. The molecule has 4 rings (SSSR count). The van der Waals surface area contributed by atoms with Gasteiger partial charge in [0.15, 0.2) is 0 Å². The van der Waals surface area contributed by atoms with Crippen LogP contribution in [0.1, 0.15) is 68.9 Å². The lowest BCUT2D eigenvalue weighted by molar-refractivity contribution is 0.0441. The molecule has 0 amide bonds. The molecule has 0 unspecified atom stereocenters. The Morgan fingerprint density at radius 2 is 1.23 bits per heavy atom. The molecule has 0 radical (unpaired) electrons. The van der Waals surface area contributed by atoms with E-state index in [1.807, 2.05) is 0 Å². The molecule has 2 heteroatoms. The fraction of sp³-hybridized carbons (Fsp3) is 0.571. The SMILES string of the molecule is CN(CC1(c2ccccc2)CCC(c2ccccc2)(N(C)C)CC1)C1CCCCC1. The third-order valence-corrected chi connectivity index (χ3v) is 8.34. The van der Waals surface area contributed by atoms with Gasteiger partial charge in [0, 0.05) is 23.5 Å². The minimum atomic E-state index is 0.156. The molecular weight excluding hydrogens is 364 g/mol. The summed E-state index contributed by atoms with van der Waals surface area (Å²) >= 11 is 0. The standard InChI is InChI=1S/C28H40N2/c1-29(2)28(25-15-9-5-10-16-25)21-19-27(20-22-28,24-13-7-4-8-14-24)23-30(3)26-17-11-6-12-18-26/h4-5,7-10,13-16,26H,6,11-12,17-23H2,1-3H3. The van der Waals surface area contributed by atoms with Crippen molar-refractivity contribution >= 4 is 0 Å². The molecule has 2 aromatic carbocycles. The van der Waals surface area contributed by atoms with Gasteiger partial charge in [0.05, 0.1) is 0 Å². The van der Waals surface area contributed by atoms with Gasteiger partial charge in [0.1, 0.15) is 0 Å². The van der Waals surface area contributed by atoms with Gasteiger partial charge in [-0.2, -0.15) is 0 Å². The van der Waals surface area contributed by atoms with Crippen molar-refractivity contribution in [3.63, 3.8) is 0 Å². The maximum atomic E-state index is 2.72. The Bertz CT molecular complexity index is 769. The van der Waals surface area contributed by atoms with Crippen LogP contribution in [0.2, 0.25) is 0 Å². The van der Waals surface area contributed by atoms with Crippen LogP contribution in [-0.4, -0.2) is 43.5 Å². The minimum Gasteiger partial charge on any atom is -0.303 e. The summed E-state index contributed by atoms with van der Waals surface area (Å²) in [7, 11) is 6.94. The molecule has 0 heterocycles. The third kappa shape index (κ3) is 4.22. The predicted molar refractivity (Wildman–Crippen MR) is 128 cm³/mol. The summed E-state index contributed by atoms with van der Waals surface area (Å²) in [6, 6.07) is 23.4. The van der Waals surface area contributed by atoms with Crippen molar-refractivity contribution in [2.24, 2.45) is 0 Å². The number of likely N-dealkylation sites (N-methyl/N-ethyl adjacent to an activating group) is 1. The molecule has 0 saturated heterocycles. The first-order valence-electron chi connectivity index (χ1n) is 12.0. The smallest absolute Gasteiger partial charge is 0.0455 e. The average molecular weight is 405 g/mol. The highest BCUT2D eigenvalue weighted by Crippen LogP contribution is 2.50. The Kier molecular flexibility index (Phi) is 6.65. The van der Waals surface area contributed by atoms with Crippen LogP contribution in [0.3, 0.4) is 0 Å². The van der Waals surface area contributed by atoms with E-state index in [0.29, 0.717) is 0 Å². The molecule has 0 atom stereocenters. The van der Waals surface area contributed by atoms with Crippen LogP contribution < -0.4 is 0 Å². The fourth-order valence-corrected chi connectivity index (χ4v) is 6.34. The summed E-state index contributed by atoms with van der Waals surface area (Å²) in [5.74, 6) is 0. The molecule has 0 aliphatic heterocycles. The van der Waals surface area contributed by atoms with Gasteiger partial charge in [-0.15, -0.1) is 0 Å². The Morgan fingerprint density at radius 1 is 0.700 bits per heavy atom. The van der Waals surface area contributed by atoms with Gasteiger partial charge in [-0.25, -0.2) is 0 Å². The molecule has 0 bridgehead atoms. The highest BCUT2D eigenvalue weighted by Gasteiger charge is 2.46. The summed E-state index contributed by atoms with van der Waals surface area (Å²) in [5.41, 5.74) is 3.45. The van der Waals surface area contributed by atoms with Gasteiger partial charge in [-0.05, 0) is 70.8 Å². The second-order valence-electron chi connectivity index (χ2n) is 10.1. The number of benzene rings is 2. The maximum Gasteiger partial charge on any atom is 0.0455 e. The molecule has 2 saturated carbocycles. The van der Waals surface area contributed by atoms with E-state index in [-0.39, 0.29) is 11.0 Å². The largest absolute Gasteiger partial charge is 0.303 e. The van der Waals surface area contributed by atoms with Crippen LogP contribution >= 0.6 is 0 Å².